The van der Waals surface area contributed by atoms with Crippen molar-refractivity contribution in [3.63, 3.8) is 0 Å². The molecule has 0 saturated heterocycles. The molecule has 1 aromatic carbocycles. The average molecular weight is 325 g/mol. The maximum Gasteiger partial charge on any atom is 0.299 e. The molecule has 0 aliphatic carbocycles. The van der Waals surface area contributed by atoms with Crippen LogP contribution in [0.4, 0.5) is 15.3 Å². The van der Waals surface area contributed by atoms with Crippen LogP contribution in [0.2, 0.25) is 0 Å². The Bertz CT molecular complexity index is 470. The number of nitrogens with zero attached hydrogens (tertiary/aromatic N) is 1. The molecule has 0 atom stereocenters. The first-order chi connectivity index (χ1) is 7.95. The summed E-state index contributed by atoms with van der Waals surface area (Å²) in [5.41, 5.74) is 1.13. The van der Waals surface area contributed by atoms with Crippen molar-refractivity contribution >= 4 is 39.7 Å². The van der Waals surface area contributed by atoms with Crippen molar-refractivity contribution in [3.05, 3.63) is 25.7 Å². The van der Waals surface area contributed by atoms with E-state index in [1.165, 1.54) is 6.92 Å². The molecule has 5 nitrogen and oxygen atoms in total. The molecule has 0 radical (unpaired) electrons. The van der Waals surface area contributed by atoms with Crippen molar-refractivity contribution in [1.29, 1.82) is 0 Å². The number of halogens is 2. The van der Waals surface area contributed by atoms with E-state index >= 15 is 0 Å². The maximum atomic E-state index is 12.2. The van der Waals surface area contributed by atoms with Gasteiger partial charge in [0.15, 0.2) is 5.75 Å². The molecule has 0 bridgehead atoms. The minimum Gasteiger partial charge on any atom is -0.395 e. The highest BCUT2D eigenvalue weighted by Crippen LogP contribution is 2.45. The summed E-state index contributed by atoms with van der Waals surface area (Å²) in [5, 5.41) is 13.8. The summed E-state index contributed by atoms with van der Waals surface area (Å²) >= 11 is 2.89. The molecule has 1 N–H and O–H groups in total. The predicted octanol–water partition coefficient (Wildman–Crippen LogP) is 3.93. The predicted molar refractivity (Wildman–Crippen MR) is 69.1 cm³/mol. The lowest BCUT2D eigenvalue weighted by Gasteiger charge is -2.14. The fourth-order valence-electron chi connectivity index (χ4n) is 1.58. The fourth-order valence-corrected chi connectivity index (χ4v) is 2.54. The van der Waals surface area contributed by atoms with Gasteiger partial charge in [0.25, 0.3) is 18.1 Å². The van der Waals surface area contributed by atoms with Crippen molar-refractivity contribution < 1.29 is 13.0 Å². The van der Waals surface area contributed by atoms with Crippen LogP contribution in [0, 0.1) is 24.0 Å². The molecule has 8 heteroatoms. The molecular weight excluding hydrogens is 315 g/mol. The fraction of sp³-hybridized carbons (Fsp3) is 0.333. The van der Waals surface area contributed by atoms with E-state index in [1.54, 1.807) is 14.0 Å². The van der Waals surface area contributed by atoms with Crippen molar-refractivity contribution in [2.24, 2.45) is 0 Å². The van der Waals surface area contributed by atoms with Gasteiger partial charge in [-0.3, -0.25) is 10.1 Å². The van der Waals surface area contributed by atoms with E-state index in [4.69, 9.17) is 4.18 Å². The van der Waals surface area contributed by atoms with Crippen molar-refractivity contribution in [2.75, 3.05) is 12.4 Å². The van der Waals surface area contributed by atoms with Gasteiger partial charge >= 0.3 is 0 Å². The molecule has 0 fully saturated rings. The Kier molecular flexibility index (Phi) is 4.58. The largest absolute Gasteiger partial charge is 0.395 e. The SMILES string of the molecule is CNc1c(C)c(Br)c(OSF)c(C)c1[N+](=O)[O-]. The smallest absolute Gasteiger partial charge is 0.299 e. The number of hydrogen-bond donors (Lipinski definition) is 1. The van der Waals surface area contributed by atoms with E-state index in [1.807, 2.05) is 0 Å². The monoisotopic (exact) mass is 324 g/mol. The molecule has 0 aliphatic heterocycles. The first-order valence-electron chi connectivity index (χ1n) is 4.55. The Morgan fingerprint density at radius 3 is 2.47 bits per heavy atom. The van der Waals surface area contributed by atoms with E-state index in [2.05, 4.69) is 21.2 Å². The van der Waals surface area contributed by atoms with Crippen LogP contribution in [0.25, 0.3) is 0 Å². The van der Waals surface area contributed by atoms with Crippen molar-refractivity contribution in [3.8, 4) is 5.75 Å². The minimum absolute atomic E-state index is 0.114. The molecule has 1 aromatic rings. The second kappa shape index (κ2) is 5.54. The molecule has 0 unspecified atom stereocenters. The molecular formula is C9H10BrFN2O3S. The minimum atomic E-state index is -0.517. The quantitative estimate of drug-likeness (QED) is 0.516. The molecule has 1 rings (SSSR count). The molecule has 17 heavy (non-hydrogen) atoms. The Hall–Kier alpha value is -1.02. The number of nitrogens with one attached hydrogen (secondary N) is 1. The Morgan fingerprint density at radius 2 is 2.06 bits per heavy atom. The first-order valence-corrected chi connectivity index (χ1v) is 5.99. The van der Waals surface area contributed by atoms with Gasteiger partial charge in [0, 0.05) is 7.05 Å². The third-order valence-electron chi connectivity index (χ3n) is 2.38. The van der Waals surface area contributed by atoms with Crippen LogP contribution in [0.15, 0.2) is 4.47 Å². The molecule has 0 aliphatic rings. The van der Waals surface area contributed by atoms with Crippen LogP contribution in [0.3, 0.4) is 0 Å². The summed E-state index contributed by atoms with van der Waals surface area (Å²) in [7, 11) is 1.59. The summed E-state index contributed by atoms with van der Waals surface area (Å²) in [6.45, 7) is 3.19. The van der Waals surface area contributed by atoms with Gasteiger partial charge in [0.05, 0.1) is 15.0 Å². The van der Waals surface area contributed by atoms with Crippen LogP contribution in [-0.2, 0) is 0 Å². The zero-order valence-electron chi connectivity index (χ0n) is 9.34. The summed E-state index contributed by atoms with van der Waals surface area (Å²) in [4.78, 5) is 10.5. The molecule has 0 spiro atoms. The van der Waals surface area contributed by atoms with Gasteiger partial charge in [-0.1, -0.05) is 0 Å². The summed E-state index contributed by atoms with van der Waals surface area (Å²) < 4.78 is 17.4. The van der Waals surface area contributed by atoms with Crippen LogP contribution in [0.5, 0.6) is 5.75 Å². The lowest BCUT2D eigenvalue weighted by molar-refractivity contribution is -0.384. The standard InChI is InChI=1S/C9H10BrFN2O3S/c1-4-6(10)9(16-17-11)5(2)8(13(14)15)7(4)12-3/h12H,1-3H3. The van der Waals surface area contributed by atoms with Gasteiger partial charge in [-0.15, -0.1) is 3.89 Å². The zero-order valence-corrected chi connectivity index (χ0v) is 11.7. The molecule has 0 amide bonds. The first kappa shape index (κ1) is 14.0. The van der Waals surface area contributed by atoms with E-state index < -0.39 is 4.92 Å². The molecule has 0 saturated carbocycles. The van der Waals surface area contributed by atoms with E-state index in [9.17, 15) is 14.0 Å². The zero-order chi connectivity index (χ0) is 13.2. The van der Waals surface area contributed by atoms with Gasteiger partial charge in [0.1, 0.15) is 5.69 Å². The number of rotatable bonds is 4. The Balaban J connectivity index is 3.63. The average Bonchev–Trinajstić information content (AvgIpc) is 2.28. The Morgan fingerprint density at radius 1 is 1.47 bits per heavy atom. The van der Waals surface area contributed by atoms with Crippen LogP contribution < -0.4 is 9.50 Å². The van der Waals surface area contributed by atoms with E-state index in [0.29, 0.717) is 15.7 Å². The highest BCUT2D eigenvalue weighted by molar-refractivity contribution is 9.10. The third kappa shape index (κ3) is 2.47. The van der Waals surface area contributed by atoms with Gasteiger partial charge < -0.3 is 9.50 Å². The third-order valence-corrected chi connectivity index (χ3v) is 3.57. The topological polar surface area (TPSA) is 64.4 Å². The number of anilines is 1. The second-order valence-corrected chi connectivity index (χ2v) is 4.36. The highest BCUT2D eigenvalue weighted by Gasteiger charge is 2.26. The highest BCUT2D eigenvalue weighted by atomic mass is 79.9. The van der Waals surface area contributed by atoms with E-state index in [-0.39, 0.29) is 29.4 Å². The van der Waals surface area contributed by atoms with Crippen LogP contribution >= 0.6 is 28.4 Å². The molecule has 0 heterocycles. The van der Waals surface area contributed by atoms with Gasteiger partial charge in [-0.05, 0) is 35.3 Å². The summed E-state index contributed by atoms with van der Waals surface area (Å²) in [6, 6.07) is 0. The van der Waals surface area contributed by atoms with Crippen molar-refractivity contribution in [1.82, 2.24) is 0 Å². The van der Waals surface area contributed by atoms with Crippen LogP contribution in [0.1, 0.15) is 11.1 Å². The lowest BCUT2D eigenvalue weighted by Crippen LogP contribution is -2.03. The number of nitro benzene ring substituents is 1. The number of benzene rings is 1. The normalized spacial score (nSPS) is 10.2. The molecule has 94 valence electrons. The number of nitro groups is 1. The van der Waals surface area contributed by atoms with Crippen molar-refractivity contribution in [2.45, 2.75) is 13.8 Å². The van der Waals surface area contributed by atoms with Gasteiger partial charge in [-0.25, -0.2) is 0 Å². The lowest BCUT2D eigenvalue weighted by atomic mass is 10.1. The van der Waals surface area contributed by atoms with Gasteiger partial charge in [-0.2, -0.15) is 0 Å². The Labute approximate surface area is 111 Å². The molecule has 0 aromatic heterocycles. The van der Waals surface area contributed by atoms with Gasteiger partial charge in [0.2, 0.25) is 0 Å². The second-order valence-electron chi connectivity index (χ2n) is 3.27. The van der Waals surface area contributed by atoms with E-state index in [0.717, 1.165) is 0 Å². The summed E-state index contributed by atoms with van der Waals surface area (Å²) in [5.74, 6) is 0.126. The maximum absolute atomic E-state index is 12.2. The summed E-state index contributed by atoms with van der Waals surface area (Å²) in [6.07, 6.45) is 0. The van der Waals surface area contributed by atoms with Crippen LogP contribution in [-0.4, -0.2) is 12.0 Å². The number of hydrogen-bond acceptors (Lipinski definition) is 5.